The highest BCUT2D eigenvalue weighted by Crippen LogP contribution is 2.34. The van der Waals surface area contributed by atoms with Crippen molar-refractivity contribution in [1.82, 2.24) is 5.16 Å². The third-order valence-electron chi connectivity index (χ3n) is 4.59. The van der Waals surface area contributed by atoms with Gasteiger partial charge in [-0.1, -0.05) is 17.3 Å². The molecule has 1 aliphatic rings. The minimum Gasteiger partial charge on any atom is -0.454 e. The van der Waals surface area contributed by atoms with E-state index in [0.29, 0.717) is 39.9 Å². The van der Waals surface area contributed by atoms with Gasteiger partial charge in [-0.2, -0.15) is 0 Å². The number of anilines is 2. The largest absolute Gasteiger partial charge is 0.454 e. The van der Waals surface area contributed by atoms with Crippen molar-refractivity contribution in [2.45, 2.75) is 20.3 Å². The van der Waals surface area contributed by atoms with Crippen molar-refractivity contribution < 1.29 is 23.6 Å². The van der Waals surface area contributed by atoms with Gasteiger partial charge in [-0.25, -0.2) is 0 Å². The zero-order chi connectivity index (χ0) is 20.4. The molecule has 2 heterocycles. The van der Waals surface area contributed by atoms with Crippen molar-refractivity contribution in [3.8, 4) is 11.5 Å². The summed E-state index contributed by atoms with van der Waals surface area (Å²) in [6, 6.07) is 12.0. The van der Waals surface area contributed by atoms with Crippen LogP contribution in [-0.4, -0.2) is 23.8 Å². The van der Waals surface area contributed by atoms with Crippen LogP contribution in [0.25, 0.3) is 0 Å². The van der Waals surface area contributed by atoms with Gasteiger partial charge in [-0.05, 0) is 38.1 Å². The van der Waals surface area contributed by atoms with Gasteiger partial charge in [0.15, 0.2) is 11.5 Å². The summed E-state index contributed by atoms with van der Waals surface area (Å²) in [7, 11) is 0. The van der Waals surface area contributed by atoms with Gasteiger partial charge in [0.1, 0.15) is 5.76 Å². The number of carbonyl (C=O) groups excluding carboxylic acids is 2. The lowest BCUT2D eigenvalue weighted by Gasteiger charge is -2.12. The molecule has 0 fully saturated rings. The lowest BCUT2D eigenvalue weighted by Crippen LogP contribution is -2.19. The molecule has 8 heteroatoms. The van der Waals surface area contributed by atoms with E-state index in [2.05, 4.69) is 15.8 Å². The standard InChI is InChI=1S/C21H19N3O5/c1-12-16(13(2)29-24-12)10-20(25)23-17-6-4-3-5-15(17)21(26)22-14-7-8-18-19(9-14)28-11-27-18/h3-9H,10-11H2,1-2H3,(H,22,26)(H,23,25). The van der Waals surface area contributed by atoms with Gasteiger partial charge in [0.25, 0.3) is 5.91 Å². The van der Waals surface area contributed by atoms with Gasteiger partial charge in [0.05, 0.1) is 23.4 Å². The molecule has 1 aromatic heterocycles. The topological polar surface area (TPSA) is 103 Å². The van der Waals surface area contributed by atoms with Crippen LogP contribution in [0.15, 0.2) is 47.0 Å². The lowest BCUT2D eigenvalue weighted by molar-refractivity contribution is -0.115. The maximum atomic E-state index is 12.8. The summed E-state index contributed by atoms with van der Waals surface area (Å²) in [5.41, 5.74) is 2.74. The van der Waals surface area contributed by atoms with Crippen LogP contribution >= 0.6 is 0 Å². The van der Waals surface area contributed by atoms with Crippen LogP contribution in [0.3, 0.4) is 0 Å². The van der Waals surface area contributed by atoms with E-state index >= 15 is 0 Å². The molecule has 0 radical (unpaired) electrons. The second kappa shape index (κ2) is 7.67. The highest BCUT2D eigenvalue weighted by Gasteiger charge is 2.18. The summed E-state index contributed by atoms with van der Waals surface area (Å²) in [6.45, 7) is 3.70. The van der Waals surface area contributed by atoms with Crippen molar-refractivity contribution in [3.05, 3.63) is 65.0 Å². The molecule has 0 saturated carbocycles. The molecule has 0 saturated heterocycles. The van der Waals surface area contributed by atoms with Gasteiger partial charge in [-0.3, -0.25) is 9.59 Å². The van der Waals surface area contributed by atoms with Gasteiger partial charge in [-0.15, -0.1) is 0 Å². The van der Waals surface area contributed by atoms with Gasteiger partial charge in [0, 0.05) is 17.3 Å². The number of aryl methyl sites for hydroxylation is 2. The molecular weight excluding hydrogens is 374 g/mol. The lowest BCUT2D eigenvalue weighted by atomic mass is 10.1. The van der Waals surface area contributed by atoms with Crippen LogP contribution in [-0.2, 0) is 11.2 Å². The smallest absolute Gasteiger partial charge is 0.257 e. The van der Waals surface area contributed by atoms with E-state index in [1.54, 1.807) is 56.3 Å². The van der Waals surface area contributed by atoms with Crippen LogP contribution in [0.4, 0.5) is 11.4 Å². The maximum Gasteiger partial charge on any atom is 0.257 e. The fraction of sp³-hybridized carbons (Fsp3) is 0.190. The third-order valence-corrected chi connectivity index (χ3v) is 4.59. The molecule has 2 aromatic carbocycles. The van der Waals surface area contributed by atoms with Gasteiger partial charge in [0.2, 0.25) is 12.7 Å². The molecule has 0 bridgehead atoms. The minimum atomic E-state index is -0.350. The average Bonchev–Trinajstić information content (AvgIpc) is 3.29. The summed E-state index contributed by atoms with van der Waals surface area (Å²) >= 11 is 0. The fourth-order valence-corrected chi connectivity index (χ4v) is 3.07. The van der Waals surface area contributed by atoms with Crippen molar-refractivity contribution in [2.24, 2.45) is 0 Å². The fourth-order valence-electron chi connectivity index (χ4n) is 3.07. The van der Waals surface area contributed by atoms with Crippen LogP contribution in [0.2, 0.25) is 0 Å². The van der Waals surface area contributed by atoms with Crippen molar-refractivity contribution in [2.75, 3.05) is 17.4 Å². The molecular formula is C21H19N3O5. The van der Waals surface area contributed by atoms with E-state index in [9.17, 15) is 9.59 Å². The number of hydrogen-bond donors (Lipinski definition) is 2. The zero-order valence-corrected chi connectivity index (χ0v) is 15.9. The molecule has 3 aromatic rings. The maximum absolute atomic E-state index is 12.8. The molecule has 2 amide bonds. The number of para-hydroxylation sites is 1. The van der Waals surface area contributed by atoms with E-state index in [-0.39, 0.29) is 25.0 Å². The molecule has 1 aliphatic heterocycles. The number of aromatic nitrogens is 1. The first-order valence-electron chi connectivity index (χ1n) is 9.03. The number of nitrogens with one attached hydrogen (secondary N) is 2. The summed E-state index contributed by atoms with van der Waals surface area (Å²) in [5.74, 6) is 1.20. The number of ether oxygens (including phenoxy) is 2. The first-order chi connectivity index (χ1) is 14.0. The number of fused-ring (bicyclic) bond motifs is 1. The normalized spacial score (nSPS) is 11.9. The highest BCUT2D eigenvalue weighted by atomic mass is 16.7. The number of rotatable bonds is 5. The molecule has 8 nitrogen and oxygen atoms in total. The second-order valence-corrected chi connectivity index (χ2v) is 6.60. The molecule has 0 aliphatic carbocycles. The Balaban J connectivity index is 1.49. The molecule has 0 unspecified atom stereocenters. The summed E-state index contributed by atoms with van der Waals surface area (Å²) in [4.78, 5) is 25.3. The Morgan fingerprint density at radius 2 is 1.83 bits per heavy atom. The zero-order valence-electron chi connectivity index (χ0n) is 15.9. The number of nitrogens with zero attached hydrogens (tertiary/aromatic N) is 1. The average molecular weight is 393 g/mol. The molecule has 0 spiro atoms. The van der Waals surface area contributed by atoms with Crippen molar-refractivity contribution in [3.63, 3.8) is 0 Å². The quantitative estimate of drug-likeness (QED) is 0.688. The van der Waals surface area contributed by atoms with Crippen LogP contribution in [0.5, 0.6) is 11.5 Å². The Hall–Kier alpha value is -3.81. The van der Waals surface area contributed by atoms with E-state index < -0.39 is 0 Å². The Labute approximate surface area is 166 Å². The molecule has 148 valence electrons. The Kier molecular flexibility index (Phi) is 4.90. The summed E-state index contributed by atoms with van der Waals surface area (Å²) in [5, 5.41) is 9.47. The predicted octanol–water partition coefficient (Wildman–Crippen LogP) is 3.45. The number of carbonyl (C=O) groups is 2. The highest BCUT2D eigenvalue weighted by molar-refractivity contribution is 6.10. The van der Waals surface area contributed by atoms with E-state index in [1.165, 1.54) is 0 Å². The molecule has 29 heavy (non-hydrogen) atoms. The van der Waals surface area contributed by atoms with Gasteiger partial charge >= 0.3 is 0 Å². The van der Waals surface area contributed by atoms with Crippen LogP contribution < -0.4 is 20.1 Å². The first-order valence-corrected chi connectivity index (χ1v) is 9.03. The SMILES string of the molecule is Cc1noc(C)c1CC(=O)Nc1ccccc1C(=O)Nc1ccc2c(c1)OCO2. The van der Waals surface area contributed by atoms with Gasteiger partial charge < -0.3 is 24.6 Å². The molecule has 4 rings (SSSR count). The van der Waals surface area contributed by atoms with E-state index in [4.69, 9.17) is 14.0 Å². The third kappa shape index (κ3) is 3.91. The monoisotopic (exact) mass is 393 g/mol. The molecule has 2 N–H and O–H groups in total. The Morgan fingerprint density at radius 1 is 1.03 bits per heavy atom. The number of benzene rings is 2. The van der Waals surface area contributed by atoms with Crippen LogP contribution in [0, 0.1) is 13.8 Å². The summed E-state index contributed by atoms with van der Waals surface area (Å²) < 4.78 is 15.7. The minimum absolute atomic E-state index is 0.110. The number of hydrogen-bond acceptors (Lipinski definition) is 6. The molecule has 0 atom stereocenters. The van der Waals surface area contributed by atoms with Crippen molar-refractivity contribution >= 4 is 23.2 Å². The first kappa shape index (κ1) is 18.5. The van der Waals surface area contributed by atoms with Crippen molar-refractivity contribution in [1.29, 1.82) is 0 Å². The second-order valence-electron chi connectivity index (χ2n) is 6.60. The van der Waals surface area contributed by atoms with E-state index in [1.807, 2.05) is 0 Å². The predicted molar refractivity (Wildman–Crippen MR) is 105 cm³/mol. The Morgan fingerprint density at radius 3 is 2.62 bits per heavy atom. The number of amides is 2. The van der Waals surface area contributed by atoms with E-state index in [0.717, 1.165) is 5.56 Å². The Bertz CT molecular complexity index is 1070. The summed E-state index contributed by atoms with van der Waals surface area (Å²) in [6.07, 6.45) is 0.110. The van der Waals surface area contributed by atoms with Crippen LogP contribution in [0.1, 0.15) is 27.4 Å².